The number of thiazole rings is 1. The fourth-order valence-electron chi connectivity index (χ4n) is 1.30. The molecule has 16 heavy (non-hydrogen) atoms. The van der Waals surface area contributed by atoms with Crippen LogP contribution in [-0.2, 0) is 0 Å². The van der Waals surface area contributed by atoms with Gasteiger partial charge in [0, 0.05) is 0 Å². The molecule has 2 aromatic heterocycles. The monoisotopic (exact) mass is 229 g/mol. The van der Waals surface area contributed by atoms with E-state index in [1.807, 2.05) is 30.3 Å². The summed E-state index contributed by atoms with van der Waals surface area (Å²) in [5.41, 5.74) is 2.54. The Kier molecular flexibility index (Phi) is 2.23. The van der Waals surface area contributed by atoms with E-state index in [4.69, 9.17) is 4.74 Å². The SMILES string of the molecule is c1ccc(Oc2ncc3ncsc3n2)cc1. The standard InChI is InChI=1S/C11H7N3OS/c1-2-4-8(5-3-1)15-11-12-6-9-10(14-11)16-7-13-9/h1-7H. The fourth-order valence-corrected chi connectivity index (χ4v) is 1.92. The van der Waals surface area contributed by atoms with Crippen molar-refractivity contribution < 1.29 is 4.74 Å². The molecular weight excluding hydrogens is 222 g/mol. The van der Waals surface area contributed by atoms with Crippen LogP contribution >= 0.6 is 11.3 Å². The average Bonchev–Trinajstić information content (AvgIpc) is 2.77. The number of benzene rings is 1. The van der Waals surface area contributed by atoms with Crippen molar-refractivity contribution in [2.24, 2.45) is 0 Å². The molecule has 0 aliphatic carbocycles. The van der Waals surface area contributed by atoms with E-state index in [0.717, 1.165) is 16.1 Å². The Bertz CT molecular complexity index is 609. The highest BCUT2D eigenvalue weighted by molar-refractivity contribution is 7.16. The van der Waals surface area contributed by atoms with E-state index >= 15 is 0 Å². The number of nitrogens with zero attached hydrogens (tertiary/aromatic N) is 3. The third kappa shape index (κ3) is 1.72. The smallest absolute Gasteiger partial charge is 0.323 e. The summed E-state index contributed by atoms with van der Waals surface area (Å²) in [6.45, 7) is 0. The molecule has 5 heteroatoms. The lowest BCUT2D eigenvalue weighted by atomic mass is 10.3. The molecule has 0 unspecified atom stereocenters. The van der Waals surface area contributed by atoms with Gasteiger partial charge in [0.1, 0.15) is 11.3 Å². The van der Waals surface area contributed by atoms with Crippen LogP contribution in [-0.4, -0.2) is 15.0 Å². The van der Waals surface area contributed by atoms with Crippen molar-refractivity contribution in [2.45, 2.75) is 0 Å². The minimum atomic E-state index is 0.350. The summed E-state index contributed by atoms with van der Waals surface area (Å²) in [5, 5.41) is 0. The van der Waals surface area contributed by atoms with Crippen LogP contribution in [0.15, 0.2) is 42.0 Å². The largest absolute Gasteiger partial charge is 0.424 e. The molecule has 0 radical (unpaired) electrons. The van der Waals surface area contributed by atoms with E-state index in [1.165, 1.54) is 11.3 Å². The molecule has 0 N–H and O–H groups in total. The first-order valence-electron chi connectivity index (χ1n) is 4.71. The summed E-state index contributed by atoms with van der Waals surface area (Å²) in [5.74, 6) is 0.728. The Morgan fingerprint density at radius 1 is 1.06 bits per heavy atom. The second-order valence-electron chi connectivity index (χ2n) is 3.11. The lowest BCUT2D eigenvalue weighted by molar-refractivity contribution is 0.444. The van der Waals surface area contributed by atoms with Crippen molar-refractivity contribution in [2.75, 3.05) is 0 Å². The summed E-state index contributed by atoms with van der Waals surface area (Å²) in [7, 11) is 0. The van der Waals surface area contributed by atoms with Gasteiger partial charge in [0.15, 0.2) is 4.83 Å². The van der Waals surface area contributed by atoms with E-state index < -0.39 is 0 Å². The molecule has 0 atom stereocenters. The van der Waals surface area contributed by atoms with Gasteiger partial charge in [-0.1, -0.05) is 18.2 Å². The van der Waals surface area contributed by atoms with E-state index in [2.05, 4.69) is 15.0 Å². The zero-order valence-electron chi connectivity index (χ0n) is 8.20. The minimum absolute atomic E-state index is 0.350. The van der Waals surface area contributed by atoms with Gasteiger partial charge in [0.25, 0.3) is 0 Å². The highest BCUT2D eigenvalue weighted by Crippen LogP contribution is 2.20. The molecule has 2 heterocycles. The highest BCUT2D eigenvalue weighted by atomic mass is 32.1. The van der Waals surface area contributed by atoms with Crippen LogP contribution in [0, 0.1) is 0 Å². The van der Waals surface area contributed by atoms with Crippen molar-refractivity contribution in [1.82, 2.24) is 15.0 Å². The van der Waals surface area contributed by atoms with Crippen LogP contribution in [0.2, 0.25) is 0 Å². The Hall–Kier alpha value is -2.01. The summed E-state index contributed by atoms with van der Waals surface area (Å²) >= 11 is 1.47. The van der Waals surface area contributed by atoms with Gasteiger partial charge < -0.3 is 4.74 Å². The van der Waals surface area contributed by atoms with Crippen molar-refractivity contribution in [3.63, 3.8) is 0 Å². The normalized spacial score (nSPS) is 10.5. The third-order valence-corrected chi connectivity index (χ3v) is 2.76. The molecule has 3 rings (SSSR count). The van der Waals surface area contributed by atoms with Crippen molar-refractivity contribution in [3.05, 3.63) is 42.0 Å². The molecule has 3 aromatic rings. The molecule has 0 saturated heterocycles. The van der Waals surface area contributed by atoms with Crippen LogP contribution in [0.3, 0.4) is 0 Å². The molecule has 4 nitrogen and oxygen atoms in total. The van der Waals surface area contributed by atoms with Gasteiger partial charge in [0.05, 0.1) is 11.7 Å². The molecule has 1 aromatic carbocycles. The predicted octanol–water partition coefficient (Wildman–Crippen LogP) is 2.88. The van der Waals surface area contributed by atoms with Gasteiger partial charge in [-0.25, -0.2) is 9.97 Å². The highest BCUT2D eigenvalue weighted by Gasteiger charge is 2.03. The van der Waals surface area contributed by atoms with Gasteiger partial charge in [-0.3, -0.25) is 0 Å². The van der Waals surface area contributed by atoms with Gasteiger partial charge in [-0.15, -0.1) is 11.3 Å². The third-order valence-electron chi connectivity index (χ3n) is 2.02. The first kappa shape index (κ1) is 9.23. The first-order chi connectivity index (χ1) is 7.92. The Balaban J connectivity index is 1.94. The lowest BCUT2D eigenvalue weighted by Gasteiger charge is -2.01. The van der Waals surface area contributed by atoms with Crippen molar-refractivity contribution in [1.29, 1.82) is 0 Å². The molecular formula is C11H7N3OS. The fraction of sp³-hybridized carbons (Fsp3) is 0. The van der Waals surface area contributed by atoms with Crippen LogP contribution in [0.1, 0.15) is 0 Å². The number of rotatable bonds is 2. The molecule has 0 amide bonds. The summed E-state index contributed by atoms with van der Waals surface area (Å²) in [6, 6.07) is 9.81. The maximum Gasteiger partial charge on any atom is 0.323 e. The van der Waals surface area contributed by atoms with Crippen LogP contribution < -0.4 is 4.74 Å². The predicted molar refractivity (Wildman–Crippen MR) is 61.7 cm³/mol. The second kappa shape index (κ2) is 3.86. The molecule has 0 aliphatic rings. The van der Waals surface area contributed by atoms with Gasteiger partial charge in [-0.2, -0.15) is 4.98 Å². The molecule has 0 saturated carbocycles. The van der Waals surface area contributed by atoms with E-state index in [9.17, 15) is 0 Å². The number of aromatic nitrogens is 3. The van der Waals surface area contributed by atoms with Crippen LogP contribution in [0.4, 0.5) is 0 Å². The Morgan fingerprint density at radius 2 is 1.94 bits per heavy atom. The minimum Gasteiger partial charge on any atom is -0.424 e. The molecule has 0 spiro atoms. The molecule has 0 bridgehead atoms. The van der Waals surface area contributed by atoms with Gasteiger partial charge >= 0.3 is 6.01 Å². The summed E-state index contributed by atoms with van der Waals surface area (Å²) in [6.07, 6.45) is 1.66. The quantitative estimate of drug-likeness (QED) is 0.678. The van der Waals surface area contributed by atoms with Crippen molar-refractivity contribution >= 4 is 21.7 Å². The number of hydrogen-bond donors (Lipinski definition) is 0. The van der Waals surface area contributed by atoms with E-state index in [0.29, 0.717) is 6.01 Å². The zero-order chi connectivity index (χ0) is 10.8. The second-order valence-corrected chi connectivity index (χ2v) is 3.94. The van der Waals surface area contributed by atoms with Crippen molar-refractivity contribution in [3.8, 4) is 11.8 Å². The number of para-hydroxylation sites is 1. The van der Waals surface area contributed by atoms with Crippen LogP contribution in [0.5, 0.6) is 11.8 Å². The number of ether oxygens (including phenoxy) is 1. The summed E-state index contributed by atoms with van der Waals surface area (Å²) in [4.78, 5) is 13.3. The summed E-state index contributed by atoms with van der Waals surface area (Å²) < 4.78 is 5.51. The lowest BCUT2D eigenvalue weighted by Crippen LogP contribution is -1.90. The topological polar surface area (TPSA) is 47.9 Å². The zero-order valence-corrected chi connectivity index (χ0v) is 9.02. The first-order valence-corrected chi connectivity index (χ1v) is 5.59. The Labute approximate surface area is 95.6 Å². The number of hydrogen-bond acceptors (Lipinski definition) is 5. The molecule has 0 fully saturated rings. The van der Waals surface area contributed by atoms with Crippen LogP contribution in [0.25, 0.3) is 10.3 Å². The molecule has 0 aliphatic heterocycles. The van der Waals surface area contributed by atoms with Gasteiger partial charge in [0.2, 0.25) is 0 Å². The maximum atomic E-state index is 5.51. The van der Waals surface area contributed by atoms with Gasteiger partial charge in [-0.05, 0) is 12.1 Å². The average molecular weight is 229 g/mol. The van der Waals surface area contributed by atoms with E-state index in [1.54, 1.807) is 11.7 Å². The Morgan fingerprint density at radius 3 is 2.81 bits per heavy atom. The molecule has 78 valence electrons. The van der Waals surface area contributed by atoms with E-state index in [-0.39, 0.29) is 0 Å². The number of fused-ring (bicyclic) bond motifs is 1. The maximum absolute atomic E-state index is 5.51.